The summed E-state index contributed by atoms with van der Waals surface area (Å²) >= 11 is 0. The zero-order chi connectivity index (χ0) is 22.6. The van der Waals surface area contributed by atoms with Gasteiger partial charge >= 0.3 is 6.36 Å². The van der Waals surface area contributed by atoms with Crippen molar-refractivity contribution in [3.8, 4) is 5.75 Å². The maximum Gasteiger partial charge on any atom is 0.573 e. The van der Waals surface area contributed by atoms with Gasteiger partial charge in [-0.3, -0.25) is 9.59 Å². The average Bonchev–Trinajstić information content (AvgIpc) is 2.67. The van der Waals surface area contributed by atoms with Gasteiger partial charge in [-0.05, 0) is 53.9 Å². The molecule has 0 atom stereocenters. The van der Waals surface area contributed by atoms with Gasteiger partial charge in [0.05, 0.1) is 4.90 Å². The Morgan fingerprint density at radius 2 is 1.74 bits per heavy atom. The molecular weight excluding hydrogens is 439 g/mol. The summed E-state index contributed by atoms with van der Waals surface area (Å²) in [5, 5.41) is 2.97. The second-order valence-corrected chi connectivity index (χ2v) is 8.11. The largest absolute Gasteiger partial charge is 0.573 e. The molecule has 0 aliphatic carbocycles. The molecule has 1 amide bonds. The van der Waals surface area contributed by atoms with Gasteiger partial charge in [-0.2, -0.15) is 0 Å². The molecule has 0 saturated heterocycles. The molecule has 0 aliphatic heterocycles. The fourth-order valence-corrected chi connectivity index (χ4v) is 3.71. The molecule has 0 unspecified atom stereocenters. The highest BCUT2D eigenvalue weighted by Crippen LogP contribution is 2.24. The predicted molar refractivity (Wildman–Crippen MR) is 106 cm³/mol. The van der Waals surface area contributed by atoms with Crippen LogP contribution in [0.5, 0.6) is 5.75 Å². The topological polar surface area (TPSA) is 117 Å². The minimum Gasteiger partial charge on any atom is -0.406 e. The van der Waals surface area contributed by atoms with Crippen LogP contribution in [0, 0.1) is 0 Å². The molecule has 3 rings (SSSR count). The van der Waals surface area contributed by atoms with E-state index >= 15 is 0 Å². The number of ether oxygens (including phenoxy) is 1. The molecule has 0 bridgehead atoms. The van der Waals surface area contributed by atoms with Crippen molar-refractivity contribution < 1.29 is 31.1 Å². The van der Waals surface area contributed by atoms with Gasteiger partial charge in [-0.25, -0.2) is 13.1 Å². The standard InChI is InChI=1S/C19H16F3N3O5S/c20-19(21,22)30-14-4-2-13(3-5-14)24-18(27)9-10-23-31(28,29)15-6-7-16-12(11-15)1-8-17(26)25-16/h1-8,11,23H,9-10H2,(H,24,27)(H,25,26). The molecule has 0 aliphatic rings. The highest BCUT2D eigenvalue weighted by Gasteiger charge is 2.30. The Kier molecular flexibility index (Phi) is 6.32. The number of hydrogen-bond donors (Lipinski definition) is 3. The Balaban J connectivity index is 1.54. The lowest BCUT2D eigenvalue weighted by molar-refractivity contribution is -0.274. The molecule has 2 aromatic carbocycles. The summed E-state index contributed by atoms with van der Waals surface area (Å²) in [5.41, 5.74) is 0.401. The number of benzene rings is 2. The summed E-state index contributed by atoms with van der Waals surface area (Å²) in [6.07, 6.45) is -5.02. The van der Waals surface area contributed by atoms with Gasteiger partial charge in [0.2, 0.25) is 21.5 Å². The smallest absolute Gasteiger partial charge is 0.406 e. The number of amides is 1. The number of H-pyrrole nitrogens is 1. The number of carbonyl (C=O) groups is 1. The summed E-state index contributed by atoms with van der Waals surface area (Å²) < 4.78 is 67.3. The lowest BCUT2D eigenvalue weighted by Crippen LogP contribution is -2.27. The number of carbonyl (C=O) groups excluding carboxylic acids is 1. The van der Waals surface area contributed by atoms with Crippen LogP contribution < -0.4 is 20.3 Å². The van der Waals surface area contributed by atoms with E-state index in [0.717, 1.165) is 12.1 Å². The van der Waals surface area contributed by atoms with Crippen molar-refractivity contribution >= 4 is 32.5 Å². The number of sulfonamides is 1. The van der Waals surface area contributed by atoms with Crippen LogP contribution in [0.4, 0.5) is 18.9 Å². The van der Waals surface area contributed by atoms with Crippen LogP contribution >= 0.6 is 0 Å². The first kappa shape index (κ1) is 22.3. The number of alkyl halides is 3. The molecule has 164 valence electrons. The predicted octanol–water partition coefficient (Wildman–Crippen LogP) is 2.73. The van der Waals surface area contributed by atoms with Crippen molar-refractivity contribution in [3.05, 3.63) is 65.0 Å². The molecule has 1 heterocycles. The summed E-state index contributed by atoms with van der Waals surface area (Å²) in [6, 6.07) is 11.5. The first-order valence-corrected chi connectivity index (χ1v) is 10.3. The summed E-state index contributed by atoms with van der Waals surface area (Å²) in [5.74, 6) is -0.971. The second kappa shape index (κ2) is 8.78. The van der Waals surface area contributed by atoms with Crippen molar-refractivity contribution in [2.24, 2.45) is 0 Å². The van der Waals surface area contributed by atoms with Gasteiger partial charge in [0.15, 0.2) is 0 Å². The second-order valence-electron chi connectivity index (χ2n) is 6.34. The number of hydrogen-bond acceptors (Lipinski definition) is 5. The van der Waals surface area contributed by atoms with E-state index in [1.54, 1.807) is 0 Å². The molecule has 1 aromatic heterocycles. The van der Waals surface area contributed by atoms with Crippen LogP contribution in [0.3, 0.4) is 0 Å². The number of aromatic nitrogens is 1. The van der Waals surface area contributed by atoms with E-state index in [2.05, 4.69) is 19.8 Å². The number of fused-ring (bicyclic) bond motifs is 1. The van der Waals surface area contributed by atoms with Crippen molar-refractivity contribution in [2.45, 2.75) is 17.7 Å². The third-order valence-electron chi connectivity index (χ3n) is 4.02. The molecular formula is C19H16F3N3O5S. The fourth-order valence-electron chi connectivity index (χ4n) is 2.65. The van der Waals surface area contributed by atoms with Gasteiger partial charge in [0.1, 0.15) is 5.75 Å². The van der Waals surface area contributed by atoms with E-state index in [9.17, 15) is 31.2 Å². The maximum atomic E-state index is 12.4. The molecule has 31 heavy (non-hydrogen) atoms. The van der Waals surface area contributed by atoms with E-state index in [1.165, 1.54) is 42.5 Å². The normalized spacial score (nSPS) is 12.0. The van der Waals surface area contributed by atoms with Crippen molar-refractivity contribution in [3.63, 3.8) is 0 Å². The first-order chi connectivity index (χ1) is 14.5. The highest BCUT2D eigenvalue weighted by atomic mass is 32.2. The average molecular weight is 455 g/mol. The van der Waals surface area contributed by atoms with E-state index in [-0.39, 0.29) is 29.1 Å². The minimum absolute atomic E-state index is 0.0345. The highest BCUT2D eigenvalue weighted by molar-refractivity contribution is 7.89. The molecule has 12 heteroatoms. The monoisotopic (exact) mass is 455 g/mol. The Labute approximate surface area is 174 Å². The van der Waals surface area contributed by atoms with E-state index in [1.807, 2.05) is 0 Å². The van der Waals surface area contributed by atoms with E-state index < -0.39 is 28.0 Å². The SMILES string of the molecule is O=C(CCNS(=O)(=O)c1ccc2[nH]c(=O)ccc2c1)Nc1ccc(OC(F)(F)F)cc1. The molecule has 8 nitrogen and oxygen atoms in total. The number of rotatable bonds is 7. The van der Waals surface area contributed by atoms with Gasteiger partial charge in [0.25, 0.3) is 0 Å². The summed E-state index contributed by atoms with van der Waals surface area (Å²) in [4.78, 5) is 25.8. The first-order valence-electron chi connectivity index (χ1n) is 8.80. The fraction of sp³-hybridized carbons (Fsp3) is 0.158. The summed E-state index contributed by atoms with van der Waals surface area (Å²) in [6.45, 7) is -0.201. The molecule has 0 saturated carbocycles. The van der Waals surface area contributed by atoms with Crippen LogP contribution in [0.25, 0.3) is 10.9 Å². The van der Waals surface area contributed by atoms with Crippen LogP contribution in [0.1, 0.15) is 6.42 Å². The van der Waals surface area contributed by atoms with E-state index in [0.29, 0.717) is 10.9 Å². The van der Waals surface area contributed by atoms with Crippen LogP contribution in [-0.4, -0.2) is 32.2 Å². The number of anilines is 1. The van der Waals surface area contributed by atoms with Gasteiger partial charge in [0, 0.05) is 30.2 Å². The molecule has 0 spiro atoms. The zero-order valence-corrected chi connectivity index (χ0v) is 16.5. The number of aromatic amines is 1. The third kappa shape index (κ3) is 6.30. The Morgan fingerprint density at radius 3 is 2.42 bits per heavy atom. The van der Waals surface area contributed by atoms with Gasteiger partial charge < -0.3 is 15.0 Å². The van der Waals surface area contributed by atoms with Crippen LogP contribution in [-0.2, 0) is 14.8 Å². The van der Waals surface area contributed by atoms with Crippen molar-refractivity contribution in [1.82, 2.24) is 9.71 Å². The third-order valence-corrected chi connectivity index (χ3v) is 5.48. The zero-order valence-electron chi connectivity index (χ0n) is 15.7. The Hall–Kier alpha value is -3.38. The molecule has 0 radical (unpaired) electrons. The summed E-state index contributed by atoms with van der Waals surface area (Å²) in [7, 11) is -3.90. The van der Waals surface area contributed by atoms with Gasteiger partial charge in [-0.15, -0.1) is 13.2 Å². The van der Waals surface area contributed by atoms with Gasteiger partial charge in [-0.1, -0.05) is 0 Å². The lowest BCUT2D eigenvalue weighted by Gasteiger charge is -2.10. The maximum absolute atomic E-state index is 12.4. The number of pyridine rings is 1. The number of nitrogens with one attached hydrogen (secondary N) is 3. The van der Waals surface area contributed by atoms with Crippen LogP contribution in [0.2, 0.25) is 0 Å². The number of halogens is 3. The quantitative estimate of drug-likeness (QED) is 0.507. The van der Waals surface area contributed by atoms with Crippen LogP contribution in [0.15, 0.2) is 64.3 Å². The Morgan fingerprint density at radius 1 is 1.03 bits per heavy atom. The molecule has 0 fully saturated rings. The Bertz CT molecular complexity index is 1260. The van der Waals surface area contributed by atoms with E-state index in [4.69, 9.17) is 0 Å². The minimum atomic E-state index is -4.82. The van der Waals surface area contributed by atoms with Crippen molar-refractivity contribution in [1.29, 1.82) is 0 Å². The lowest BCUT2D eigenvalue weighted by atomic mass is 10.2. The van der Waals surface area contributed by atoms with Crippen molar-refractivity contribution in [2.75, 3.05) is 11.9 Å². The molecule has 3 N–H and O–H groups in total. The molecule has 3 aromatic rings.